The number of nitrogens with zero attached hydrogens (tertiary/aromatic N) is 1. The number of ether oxygens (including phenoxy) is 1. The molecule has 1 aromatic carbocycles. The van der Waals surface area contributed by atoms with E-state index in [-0.39, 0.29) is 12.2 Å². The molecule has 0 saturated carbocycles. The van der Waals surface area contributed by atoms with Crippen molar-refractivity contribution < 1.29 is 33.0 Å². The van der Waals surface area contributed by atoms with Crippen LogP contribution in [0.4, 0.5) is 24.5 Å². The molecule has 10 heteroatoms. The number of nitro groups is 1. The first kappa shape index (κ1) is 16.0. The number of alkyl halides is 3. The number of aliphatic hydroxyl groups is 2. The zero-order valence-electron chi connectivity index (χ0n) is 9.92. The van der Waals surface area contributed by atoms with E-state index in [1.807, 2.05) is 0 Å². The van der Waals surface area contributed by atoms with Gasteiger partial charge in [0.25, 0.3) is 5.69 Å². The van der Waals surface area contributed by atoms with E-state index in [4.69, 9.17) is 10.2 Å². The zero-order chi connectivity index (χ0) is 15.3. The molecule has 0 aliphatic rings. The second kappa shape index (κ2) is 6.39. The predicted molar refractivity (Wildman–Crippen MR) is 61.4 cm³/mol. The normalized spacial score (nSPS) is 12.8. The molecular formula is C10H11F3N2O5. The third-order valence-corrected chi connectivity index (χ3v) is 2.14. The van der Waals surface area contributed by atoms with E-state index in [0.29, 0.717) is 6.07 Å². The zero-order valence-corrected chi connectivity index (χ0v) is 9.92. The fourth-order valence-electron chi connectivity index (χ4n) is 1.30. The third kappa shape index (κ3) is 4.90. The molecule has 1 atom stereocenters. The van der Waals surface area contributed by atoms with Gasteiger partial charge in [-0.2, -0.15) is 0 Å². The molecule has 1 unspecified atom stereocenters. The summed E-state index contributed by atoms with van der Waals surface area (Å²) in [6, 6.07) is 2.53. The van der Waals surface area contributed by atoms with E-state index >= 15 is 0 Å². The first-order valence-corrected chi connectivity index (χ1v) is 5.30. The maximum atomic E-state index is 12.0. The molecule has 0 aliphatic carbocycles. The molecule has 112 valence electrons. The lowest BCUT2D eigenvalue weighted by Gasteiger charge is -2.12. The Morgan fingerprint density at radius 3 is 2.60 bits per heavy atom. The summed E-state index contributed by atoms with van der Waals surface area (Å²) in [6.07, 6.45) is -6.10. The number of nitro benzene ring substituents is 1. The molecule has 3 N–H and O–H groups in total. The molecule has 0 spiro atoms. The number of rotatable bonds is 6. The Bertz CT molecular complexity index is 480. The quantitative estimate of drug-likeness (QED) is 0.539. The first-order chi connectivity index (χ1) is 9.23. The van der Waals surface area contributed by atoms with Crippen molar-refractivity contribution in [2.75, 3.05) is 18.5 Å². The van der Waals surface area contributed by atoms with Crippen LogP contribution in [0.3, 0.4) is 0 Å². The molecule has 0 radical (unpaired) electrons. The molecule has 20 heavy (non-hydrogen) atoms. The molecule has 0 aromatic heterocycles. The van der Waals surface area contributed by atoms with Gasteiger partial charge in [0.2, 0.25) is 0 Å². The van der Waals surface area contributed by atoms with Crippen LogP contribution in [-0.4, -0.2) is 40.8 Å². The summed E-state index contributed by atoms with van der Waals surface area (Å²) in [6.45, 7) is -0.757. The molecular weight excluding hydrogens is 285 g/mol. The molecule has 0 saturated heterocycles. The number of nitrogens with one attached hydrogen (secondary N) is 1. The summed E-state index contributed by atoms with van der Waals surface area (Å²) in [7, 11) is 0. The maximum absolute atomic E-state index is 12.0. The Kier molecular flexibility index (Phi) is 5.11. The van der Waals surface area contributed by atoms with Crippen molar-refractivity contribution in [2.24, 2.45) is 0 Å². The van der Waals surface area contributed by atoms with E-state index in [9.17, 15) is 23.3 Å². The largest absolute Gasteiger partial charge is 0.573 e. The molecule has 7 nitrogen and oxygen atoms in total. The summed E-state index contributed by atoms with van der Waals surface area (Å²) < 4.78 is 39.6. The van der Waals surface area contributed by atoms with Crippen LogP contribution >= 0.6 is 0 Å². The highest BCUT2D eigenvalue weighted by atomic mass is 19.4. The minimum atomic E-state index is -4.95. The number of benzene rings is 1. The molecule has 1 rings (SSSR count). The fraction of sp³-hybridized carbons (Fsp3) is 0.400. The summed E-state index contributed by atoms with van der Waals surface area (Å²) in [5, 5.41) is 30.9. The lowest BCUT2D eigenvalue weighted by atomic mass is 10.2. The SMILES string of the molecule is O=[N+]([O-])c1cc(OC(F)(F)F)ccc1NCC(O)CO. The Labute approximate surface area is 110 Å². The van der Waals surface area contributed by atoms with Crippen molar-refractivity contribution in [2.45, 2.75) is 12.5 Å². The number of hydrogen-bond donors (Lipinski definition) is 3. The van der Waals surface area contributed by atoms with E-state index < -0.39 is 35.4 Å². The standard InChI is InChI=1S/C10H11F3N2O5/c11-10(12,13)20-7-1-2-8(9(3-7)15(18)19)14-4-6(17)5-16/h1-3,6,14,16-17H,4-5H2. The highest BCUT2D eigenvalue weighted by molar-refractivity contribution is 5.63. The lowest BCUT2D eigenvalue weighted by Crippen LogP contribution is -2.23. The maximum Gasteiger partial charge on any atom is 0.573 e. The Morgan fingerprint density at radius 2 is 2.10 bits per heavy atom. The monoisotopic (exact) mass is 296 g/mol. The molecule has 0 fully saturated rings. The van der Waals surface area contributed by atoms with Gasteiger partial charge in [-0.15, -0.1) is 13.2 Å². The Balaban J connectivity index is 2.93. The van der Waals surface area contributed by atoms with Crippen LogP contribution in [0.2, 0.25) is 0 Å². The van der Waals surface area contributed by atoms with Crippen molar-refractivity contribution in [3.63, 3.8) is 0 Å². The minimum absolute atomic E-state index is 0.1000. The van der Waals surface area contributed by atoms with Crippen LogP contribution in [-0.2, 0) is 0 Å². The molecule has 0 aliphatic heterocycles. The molecule has 0 amide bonds. The van der Waals surface area contributed by atoms with Gasteiger partial charge in [0.05, 0.1) is 23.7 Å². The van der Waals surface area contributed by atoms with Crippen LogP contribution < -0.4 is 10.1 Å². The van der Waals surface area contributed by atoms with Gasteiger partial charge in [-0.25, -0.2) is 0 Å². The van der Waals surface area contributed by atoms with Crippen LogP contribution in [0, 0.1) is 10.1 Å². The second-order valence-corrected chi connectivity index (χ2v) is 3.70. The van der Waals surface area contributed by atoms with Gasteiger partial charge in [0.15, 0.2) is 0 Å². The predicted octanol–water partition coefficient (Wildman–Crippen LogP) is 1.26. The van der Waals surface area contributed by atoms with E-state index in [1.54, 1.807) is 0 Å². The van der Waals surface area contributed by atoms with Gasteiger partial charge in [-0.3, -0.25) is 10.1 Å². The van der Waals surface area contributed by atoms with Crippen molar-refractivity contribution in [3.8, 4) is 5.75 Å². The van der Waals surface area contributed by atoms with Crippen LogP contribution in [0.1, 0.15) is 0 Å². The van der Waals surface area contributed by atoms with Gasteiger partial charge in [0.1, 0.15) is 11.4 Å². The van der Waals surface area contributed by atoms with Gasteiger partial charge < -0.3 is 20.3 Å². The summed E-state index contributed by atoms with van der Waals surface area (Å²) in [4.78, 5) is 9.88. The average Bonchev–Trinajstić information content (AvgIpc) is 2.34. The summed E-state index contributed by atoms with van der Waals surface area (Å²) >= 11 is 0. The number of anilines is 1. The van der Waals surface area contributed by atoms with Crippen LogP contribution in [0.25, 0.3) is 0 Å². The topological polar surface area (TPSA) is 105 Å². The smallest absolute Gasteiger partial charge is 0.406 e. The van der Waals surface area contributed by atoms with Crippen molar-refractivity contribution in [3.05, 3.63) is 28.3 Å². The number of aliphatic hydroxyl groups excluding tert-OH is 2. The van der Waals surface area contributed by atoms with Gasteiger partial charge >= 0.3 is 6.36 Å². The molecule has 0 bridgehead atoms. The van der Waals surface area contributed by atoms with Crippen molar-refractivity contribution in [1.29, 1.82) is 0 Å². The van der Waals surface area contributed by atoms with E-state index in [0.717, 1.165) is 12.1 Å². The lowest BCUT2D eigenvalue weighted by molar-refractivity contribution is -0.384. The molecule has 0 heterocycles. The van der Waals surface area contributed by atoms with Crippen molar-refractivity contribution >= 4 is 11.4 Å². The average molecular weight is 296 g/mol. The Morgan fingerprint density at radius 1 is 1.45 bits per heavy atom. The summed E-state index contributed by atoms with van der Waals surface area (Å²) in [5.74, 6) is -0.725. The fourth-order valence-corrected chi connectivity index (χ4v) is 1.30. The summed E-state index contributed by atoms with van der Waals surface area (Å²) in [5.41, 5.74) is -0.742. The minimum Gasteiger partial charge on any atom is -0.406 e. The number of hydrogen-bond acceptors (Lipinski definition) is 6. The van der Waals surface area contributed by atoms with Crippen molar-refractivity contribution in [1.82, 2.24) is 0 Å². The van der Waals surface area contributed by atoms with Gasteiger partial charge in [0, 0.05) is 6.54 Å². The Hall–Kier alpha value is -2.07. The first-order valence-electron chi connectivity index (χ1n) is 5.30. The highest BCUT2D eigenvalue weighted by Gasteiger charge is 2.32. The van der Waals surface area contributed by atoms with Gasteiger partial charge in [-0.1, -0.05) is 0 Å². The van der Waals surface area contributed by atoms with Crippen LogP contribution in [0.5, 0.6) is 5.75 Å². The van der Waals surface area contributed by atoms with Gasteiger partial charge in [-0.05, 0) is 12.1 Å². The highest BCUT2D eigenvalue weighted by Crippen LogP contribution is 2.31. The third-order valence-electron chi connectivity index (χ3n) is 2.14. The van der Waals surface area contributed by atoms with E-state index in [1.165, 1.54) is 0 Å². The number of halogens is 3. The van der Waals surface area contributed by atoms with E-state index in [2.05, 4.69) is 10.1 Å². The second-order valence-electron chi connectivity index (χ2n) is 3.70. The van der Waals surface area contributed by atoms with Crippen LogP contribution in [0.15, 0.2) is 18.2 Å². The molecule has 1 aromatic rings.